The number of thiophene rings is 1. The highest BCUT2D eigenvalue weighted by atomic mass is 32.1. The molecule has 1 aromatic heterocycles. The molecule has 0 aromatic carbocycles. The normalized spacial score (nSPS) is 15.6. The van der Waals surface area contributed by atoms with Crippen LogP contribution in [0.15, 0.2) is 17.5 Å². The van der Waals surface area contributed by atoms with E-state index in [4.69, 9.17) is 5.11 Å². The van der Waals surface area contributed by atoms with E-state index >= 15 is 0 Å². The lowest BCUT2D eigenvalue weighted by Crippen LogP contribution is -2.37. The van der Waals surface area contributed by atoms with Gasteiger partial charge in [-0.15, -0.1) is 11.3 Å². The zero-order valence-corrected chi connectivity index (χ0v) is 8.97. The maximum atomic E-state index is 8.85. The Morgan fingerprint density at radius 2 is 2.23 bits per heavy atom. The molecule has 0 radical (unpaired) electrons. The molecule has 2 atom stereocenters. The second-order valence-electron chi connectivity index (χ2n) is 3.43. The van der Waals surface area contributed by atoms with E-state index in [9.17, 15) is 0 Å². The van der Waals surface area contributed by atoms with E-state index in [0.29, 0.717) is 6.04 Å². The van der Waals surface area contributed by atoms with Gasteiger partial charge in [0.25, 0.3) is 0 Å². The standard InChI is InChI=1S/C10H17NOS/c1-8(11-9(2)7-12)6-10-4-3-5-13-10/h3-5,8-9,11-12H,6-7H2,1-2H3/t8?,9-/m0/s1. The highest BCUT2D eigenvalue weighted by molar-refractivity contribution is 7.09. The average Bonchev–Trinajstić information content (AvgIpc) is 2.56. The van der Waals surface area contributed by atoms with E-state index < -0.39 is 0 Å². The van der Waals surface area contributed by atoms with E-state index in [2.05, 4.69) is 29.8 Å². The highest BCUT2D eigenvalue weighted by Gasteiger charge is 2.07. The Morgan fingerprint density at radius 1 is 1.46 bits per heavy atom. The Hall–Kier alpha value is -0.380. The van der Waals surface area contributed by atoms with Crippen molar-refractivity contribution in [3.63, 3.8) is 0 Å². The second kappa shape index (κ2) is 5.37. The van der Waals surface area contributed by atoms with Crippen molar-refractivity contribution in [2.75, 3.05) is 6.61 Å². The topological polar surface area (TPSA) is 32.3 Å². The minimum Gasteiger partial charge on any atom is -0.395 e. The summed E-state index contributed by atoms with van der Waals surface area (Å²) in [5.74, 6) is 0. The van der Waals surface area contributed by atoms with Crippen molar-refractivity contribution in [3.8, 4) is 0 Å². The minimum atomic E-state index is 0.190. The molecule has 74 valence electrons. The molecule has 1 heterocycles. The van der Waals surface area contributed by atoms with Gasteiger partial charge in [-0.3, -0.25) is 0 Å². The van der Waals surface area contributed by atoms with Crippen molar-refractivity contribution in [1.82, 2.24) is 5.32 Å². The summed E-state index contributed by atoms with van der Waals surface area (Å²) in [4.78, 5) is 1.39. The van der Waals surface area contributed by atoms with Crippen LogP contribution in [0.5, 0.6) is 0 Å². The second-order valence-corrected chi connectivity index (χ2v) is 4.47. The van der Waals surface area contributed by atoms with Crippen LogP contribution in [-0.4, -0.2) is 23.8 Å². The molecule has 3 heteroatoms. The lowest BCUT2D eigenvalue weighted by atomic mass is 10.2. The number of rotatable bonds is 5. The number of hydrogen-bond donors (Lipinski definition) is 2. The Balaban J connectivity index is 2.29. The van der Waals surface area contributed by atoms with Crippen LogP contribution in [0.3, 0.4) is 0 Å². The van der Waals surface area contributed by atoms with E-state index in [1.165, 1.54) is 4.88 Å². The molecule has 1 aromatic rings. The molecule has 0 bridgehead atoms. The van der Waals surface area contributed by atoms with E-state index in [0.717, 1.165) is 6.42 Å². The number of nitrogens with one attached hydrogen (secondary N) is 1. The first kappa shape index (κ1) is 10.7. The zero-order valence-electron chi connectivity index (χ0n) is 8.16. The van der Waals surface area contributed by atoms with Crippen LogP contribution in [0, 0.1) is 0 Å². The molecule has 0 aliphatic heterocycles. The molecule has 0 saturated carbocycles. The smallest absolute Gasteiger partial charge is 0.0582 e. The van der Waals surface area contributed by atoms with Crippen LogP contribution in [0.2, 0.25) is 0 Å². The fourth-order valence-electron chi connectivity index (χ4n) is 1.33. The van der Waals surface area contributed by atoms with Crippen molar-refractivity contribution in [2.24, 2.45) is 0 Å². The fourth-order valence-corrected chi connectivity index (χ4v) is 2.16. The van der Waals surface area contributed by atoms with Gasteiger partial charge in [0.2, 0.25) is 0 Å². The molecule has 1 rings (SSSR count). The van der Waals surface area contributed by atoms with Gasteiger partial charge in [0.15, 0.2) is 0 Å². The van der Waals surface area contributed by atoms with Gasteiger partial charge in [-0.1, -0.05) is 6.07 Å². The summed E-state index contributed by atoms with van der Waals surface area (Å²) >= 11 is 1.78. The first-order valence-electron chi connectivity index (χ1n) is 4.61. The van der Waals surface area contributed by atoms with Crippen LogP contribution in [0.1, 0.15) is 18.7 Å². The zero-order chi connectivity index (χ0) is 9.68. The number of aliphatic hydroxyl groups is 1. The molecular weight excluding hydrogens is 182 g/mol. The third-order valence-electron chi connectivity index (χ3n) is 1.93. The average molecular weight is 199 g/mol. The van der Waals surface area contributed by atoms with E-state index in [-0.39, 0.29) is 12.6 Å². The number of aliphatic hydroxyl groups excluding tert-OH is 1. The van der Waals surface area contributed by atoms with Crippen molar-refractivity contribution in [3.05, 3.63) is 22.4 Å². The fraction of sp³-hybridized carbons (Fsp3) is 0.600. The van der Waals surface area contributed by atoms with Gasteiger partial charge in [-0.25, -0.2) is 0 Å². The van der Waals surface area contributed by atoms with Crippen molar-refractivity contribution in [1.29, 1.82) is 0 Å². The SMILES string of the molecule is CC(Cc1cccs1)N[C@@H](C)CO. The summed E-state index contributed by atoms with van der Waals surface area (Å²) in [5, 5.41) is 14.3. The first-order chi connectivity index (χ1) is 6.22. The van der Waals surface area contributed by atoms with Gasteiger partial charge < -0.3 is 10.4 Å². The summed E-state index contributed by atoms with van der Waals surface area (Å²) in [7, 11) is 0. The highest BCUT2D eigenvalue weighted by Crippen LogP contribution is 2.10. The van der Waals surface area contributed by atoms with Crippen molar-refractivity contribution in [2.45, 2.75) is 32.4 Å². The minimum absolute atomic E-state index is 0.190. The first-order valence-corrected chi connectivity index (χ1v) is 5.49. The van der Waals surface area contributed by atoms with Crippen LogP contribution in [0.25, 0.3) is 0 Å². The predicted molar refractivity (Wildman–Crippen MR) is 57.2 cm³/mol. The lowest BCUT2D eigenvalue weighted by Gasteiger charge is -2.17. The van der Waals surface area contributed by atoms with Crippen LogP contribution in [-0.2, 0) is 6.42 Å². The van der Waals surface area contributed by atoms with Crippen LogP contribution in [0.4, 0.5) is 0 Å². The largest absolute Gasteiger partial charge is 0.395 e. The Labute approximate surface area is 83.6 Å². The van der Waals surface area contributed by atoms with Crippen molar-refractivity contribution < 1.29 is 5.11 Å². The Kier molecular flexibility index (Phi) is 4.42. The van der Waals surface area contributed by atoms with Gasteiger partial charge in [0, 0.05) is 17.0 Å². The molecule has 2 nitrogen and oxygen atoms in total. The van der Waals surface area contributed by atoms with E-state index in [1.807, 2.05) is 6.92 Å². The van der Waals surface area contributed by atoms with Gasteiger partial charge >= 0.3 is 0 Å². The number of hydrogen-bond acceptors (Lipinski definition) is 3. The predicted octanol–water partition coefficient (Wildman–Crippen LogP) is 1.65. The maximum absolute atomic E-state index is 8.85. The monoisotopic (exact) mass is 199 g/mol. The molecular formula is C10H17NOS. The molecule has 0 saturated heterocycles. The Bertz CT molecular complexity index is 223. The lowest BCUT2D eigenvalue weighted by molar-refractivity contribution is 0.242. The summed E-state index contributed by atoms with van der Waals surface area (Å²) in [6.45, 7) is 4.34. The van der Waals surface area contributed by atoms with Gasteiger partial charge in [-0.05, 0) is 31.7 Å². The third kappa shape index (κ3) is 3.89. The molecule has 0 aliphatic carbocycles. The van der Waals surface area contributed by atoms with Crippen LogP contribution >= 0.6 is 11.3 Å². The summed E-state index contributed by atoms with van der Waals surface area (Å²) < 4.78 is 0. The summed E-state index contributed by atoms with van der Waals surface area (Å²) in [6, 6.07) is 4.84. The molecule has 0 aliphatic rings. The third-order valence-corrected chi connectivity index (χ3v) is 2.83. The molecule has 2 N–H and O–H groups in total. The summed E-state index contributed by atoms with van der Waals surface area (Å²) in [6.07, 6.45) is 1.04. The van der Waals surface area contributed by atoms with Gasteiger partial charge in [0.05, 0.1) is 6.61 Å². The van der Waals surface area contributed by atoms with E-state index in [1.54, 1.807) is 11.3 Å². The summed E-state index contributed by atoms with van der Waals surface area (Å²) in [5.41, 5.74) is 0. The van der Waals surface area contributed by atoms with Crippen LogP contribution < -0.4 is 5.32 Å². The molecule has 1 unspecified atom stereocenters. The maximum Gasteiger partial charge on any atom is 0.0582 e. The molecule has 13 heavy (non-hydrogen) atoms. The molecule has 0 fully saturated rings. The van der Waals surface area contributed by atoms with Gasteiger partial charge in [0.1, 0.15) is 0 Å². The van der Waals surface area contributed by atoms with Crippen molar-refractivity contribution >= 4 is 11.3 Å². The molecule has 0 spiro atoms. The quantitative estimate of drug-likeness (QED) is 0.756. The van der Waals surface area contributed by atoms with Gasteiger partial charge in [-0.2, -0.15) is 0 Å². The Morgan fingerprint density at radius 3 is 2.77 bits per heavy atom. The molecule has 0 amide bonds.